The average Bonchev–Trinajstić information content (AvgIpc) is 3.03. The van der Waals surface area contributed by atoms with Gasteiger partial charge in [-0.25, -0.2) is 4.98 Å². The summed E-state index contributed by atoms with van der Waals surface area (Å²) in [6, 6.07) is 10.6. The molecule has 3 N–H and O–H groups in total. The molecule has 2 aromatic carbocycles. The summed E-state index contributed by atoms with van der Waals surface area (Å²) in [7, 11) is 1.90. The Hall–Kier alpha value is -3.15. The minimum atomic E-state index is -0.381. The lowest BCUT2D eigenvalue weighted by atomic mass is 10.2. The Morgan fingerprint density at radius 3 is 2.61 bits per heavy atom. The molecule has 0 spiro atoms. The normalized spacial score (nSPS) is 11.5. The molecule has 6 heteroatoms. The SMILES string of the molecule is Cn1c(Cc2oc3c(O)c(O)ccc3c2O)nc2ccccc21. The van der Waals surface area contributed by atoms with Gasteiger partial charge in [0.1, 0.15) is 5.82 Å². The van der Waals surface area contributed by atoms with E-state index in [4.69, 9.17) is 4.42 Å². The summed E-state index contributed by atoms with van der Waals surface area (Å²) in [5.74, 6) is 0.292. The van der Waals surface area contributed by atoms with Gasteiger partial charge in [-0.2, -0.15) is 0 Å². The van der Waals surface area contributed by atoms with E-state index in [0.29, 0.717) is 11.1 Å². The van der Waals surface area contributed by atoms with Gasteiger partial charge in [0.05, 0.1) is 22.8 Å². The molecule has 0 amide bonds. The molecule has 0 fully saturated rings. The van der Waals surface area contributed by atoms with Gasteiger partial charge in [0.2, 0.25) is 5.75 Å². The predicted octanol–water partition coefficient (Wildman–Crippen LogP) is 3.03. The van der Waals surface area contributed by atoms with Crippen molar-refractivity contribution in [2.75, 3.05) is 0 Å². The molecule has 0 unspecified atom stereocenters. The number of nitrogens with zero attached hydrogens (tertiary/aromatic N) is 2. The molecule has 0 aliphatic rings. The van der Waals surface area contributed by atoms with Gasteiger partial charge < -0.3 is 24.3 Å². The second kappa shape index (κ2) is 4.67. The summed E-state index contributed by atoms with van der Waals surface area (Å²) in [5.41, 5.74) is 1.91. The number of phenolic OH excluding ortho intramolecular Hbond substituents is 2. The van der Waals surface area contributed by atoms with Gasteiger partial charge in [-0.1, -0.05) is 12.1 Å². The predicted molar refractivity (Wildman–Crippen MR) is 84.7 cm³/mol. The van der Waals surface area contributed by atoms with E-state index < -0.39 is 0 Å². The second-order valence-electron chi connectivity index (χ2n) is 5.44. The van der Waals surface area contributed by atoms with E-state index in [9.17, 15) is 15.3 Å². The molecule has 0 saturated carbocycles. The molecule has 0 atom stereocenters. The molecule has 0 radical (unpaired) electrons. The molecular formula is C17H14N2O4. The van der Waals surface area contributed by atoms with Crippen LogP contribution in [0.15, 0.2) is 40.8 Å². The fourth-order valence-corrected chi connectivity index (χ4v) is 2.79. The van der Waals surface area contributed by atoms with E-state index in [1.165, 1.54) is 12.1 Å². The maximum atomic E-state index is 10.3. The molecule has 4 aromatic rings. The topological polar surface area (TPSA) is 91.7 Å². The number of rotatable bonds is 2. The molecule has 116 valence electrons. The maximum Gasteiger partial charge on any atom is 0.201 e. The molecule has 0 aliphatic carbocycles. The molecule has 6 nitrogen and oxygen atoms in total. The van der Waals surface area contributed by atoms with Crippen molar-refractivity contribution < 1.29 is 19.7 Å². The van der Waals surface area contributed by atoms with Crippen molar-refractivity contribution in [2.45, 2.75) is 6.42 Å². The first-order chi connectivity index (χ1) is 11.1. The first-order valence-corrected chi connectivity index (χ1v) is 7.12. The summed E-state index contributed by atoms with van der Waals surface area (Å²) in [4.78, 5) is 4.54. The number of aromatic nitrogens is 2. The van der Waals surface area contributed by atoms with Crippen LogP contribution in [0, 0.1) is 0 Å². The minimum Gasteiger partial charge on any atom is -0.504 e. The highest BCUT2D eigenvalue weighted by atomic mass is 16.4. The number of imidazole rings is 1. The first-order valence-electron chi connectivity index (χ1n) is 7.12. The fourth-order valence-electron chi connectivity index (χ4n) is 2.79. The number of hydrogen-bond acceptors (Lipinski definition) is 5. The second-order valence-corrected chi connectivity index (χ2v) is 5.44. The van der Waals surface area contributed by atoms with Crippen molar-refractivity contribution >= 4 is 22.0 Å². The van der Waals surface area contributed by atoms with Crippen LogP contribution in [-0.4, -0.2) is 24.9 Å². The number of aromatic hydroxyl groups is 3. The zero-order chi connectivity index (χ0) is 16.1. The Bertz CT molecular complexity index is 1050. The summed E-state index contributed by atoms with van der Waals surface area (Å²) in [6.45, 7) is 0. The van der Waals surface area contributed by atoms with Crippen LogP contribution in [0.2, 0.25) is 0 Å². The highest BCUT2D eigenvalue weighted by Crippen LogP contribution is 2.41. The lowest BCUT2D eigenvalue weighted by molar-refractivity contribution is 0.397. The van der Waals surface area contributed by atoms with Gasteiger partial charge in [0.25, 0.3) is 0 Å². The summed E-state index contributed by atoms with van der Waals surface area (Å²) >= 11 is 0. The van der Waals surface area contributed by atoms with E-state index in [0.717, 1.165) is 16.9 Å². The van der Waals surface area contributed by atoms with Crippen LogP contribution in [-0.2, 0) is 13.5 Å². The Kier molecular flexibility index (Phi) is 2.74. The molecule has 0 bridgehead atoms. The van der Waals surface area contributed by atoms with Gasteiger partial charge in [0, 0.05) is 7.05 Å². The lowest BCUT2D eigenvalue weighted by Gasteiger charge is -2.00. The highest BCUT2D eigenvalue weighted by Gasteiger charge is 2.20. The molecule has 2 aromatic heterocycles. The van der Waals surface area contributed by atoms with Crippen LogP contribution in [0.25, 0.3) is 22.0 Å². The van der Waals surface area contributed by atoms with Crippen molar-refractivity contribution in [1.82, 2.24) is 9.55 Å². The molecule has 0 aliphatic heterocycles. The Morgan fingerprint density at radius 2 is 1.83 bits per heavy atom. The van der Waals surface area contributed by atoms with Crippen molar-refractivity contribution in [3.8, 4) is 17.2 Å². The number of para-hydroxylation sites is 2. The Labute approximate surface area is 130 Å². The third-order valence-corrected chi connectivity index (χ3v) is 4.05. The lowest BCUT2D eigenvalue weighted by Crippen LogP contribution is -1.98. The number of hydrogen-bond donors (Lipinski definition) is 3. The summed E-state index contributed by atoms with van der Waals surface area (Å²) < 4.78 is 7.48. The van der Waals surface area contributed by atoms with E-state index in [-0.39, 0.29) is 29.3 Å². The monoisotopic (exact) mass is 310 g/mol. The molecule has 23 heavy (non-hydrogen) atoms. The molecule has 2 heterocycles. The zero-order valence-electron chi connectivity index (χ0n) is 12.3. The van der Waals surface area contributed by atoms with Crippen molar-refractivity contribution in [3.63, 3.8) is 0 Å². The van der Waals surface area contributed by atoms with Gasteiger partial charge in [-0.3, -0.25) is 0 Å². The van der Waals surface area contributed by atoms with E-state index in [1.54, 1.807) is 0 Å². The highest BCUT2D eigenvalue weighted by molar-refractivity contribution is 5.91. The molecule has 4 rings (SSSR count). The van der Waals surface area contributed by atoms with Gasteiger partial charge in [-0.15, -0.1) is 0 Å². The zero-order valence-corrected chi connectivity index (χ0v) is 12.3. The third-order valence-electron chi connectivity index (χ3n) is 4.05. The van der Waals surface area contributed by atoms with Crippen LogP contribution >= 0.6 is 0 Å². The molecular weight excluding hydrogens is 296 g/mol. The van der Waals surface area contributed by atoms with E-state index >= 15 is 0 Å². The fraction of sp³-hybridized carbons (Fsp3) is 0.118. The van der Waals surface area contributed by atoms with Crippen LogP contribution < -0.4 is 0 Å². The Balaban J connectivity index is 1.84. The van der Waals surface area contributed by atoms with Crippen LogP contribution in [0.5, 0.6) is 17.2 Å². The number of benzene rings is 2. The number of phenols is 2. The summed E-state index contributed by atoms with van der Waals surface area (Å²) in [6.07, 6.45) is 0.270. The first kappa shape index (κ1) is 13.5. The molecule has 0 saturated heterocycles. The number of fused-ring (bicyclic) bond motifs is 2. The number of aryl methyl sites for hydroxylation is 1. The van der Waals surface area contributed by atoms with Crippen LogP contribution in [0.1, 0.15) is 11.6 Å². The average molecular weight is 310 g/mol. The van der Waals surface area contributed by atoms with Gasteiger partial charge >= 0.3 is 0 Å². The number of furan rings is 1. The van der Waals surface area contributed by atoms with Crippen molar-refractivity contribution in [1.29, 1.82) is 0 Å². The van der Waals surface area contributed by atoms with Crippen molar-refractivity contribution in [3.05, 3.63) is 48.0 Å². The van der Waals surface area contributed by atoms with E-state index in [2.05, 4.69) is 4.98 Å². The van der Waals surface area contributed by atoms with Gasteiger partial charge in [-0.05, 0) is 24.3 Å². The van der Waals surface area contributed by atoms with Crippen molar-refractivity contribution in [2.24, 2.45) is 7.05 Å². The largest absolute Gasteiger partial charge is 0.504 e. The smallest absolute Gasteiger partial charge is 0.201 e. The maximum absolute atomic E-state index is 10.3. The van der Waals surface area contributed by atoms with E-state index in [1.807, 2.05) is 35.9 Å². The Morgan fingerprint density at radius 1 is 1.04 bits per heavy atom. The van der Waals surface area contributed by atoms with Crippen LogP contribution in [0.3, 0.4) is 0 Å². The summed E-state index contributed by atoms with van der Waals surface area (Å²) in [5, 5.41) is 30.1. The van der Waals surface area contributed by atoms with Crippen LogP contribution in [0.4, 0.5) is 0 Å². The standard InChI is InChI=1S/C17H14N2O4/c1-19-11-5-3-2-4-10(11)18-14(19)8-13-15(21)9-6-7-12(20)16(22)17(9)23-13/h2-7,20-22H,8H2,1H3. The van der Waals surface area contributed by atoms with Gasteiger partial charge in [0.15, 0.2) is 22.8 Å². The minimum absolute atomic E-state index is 0.0534. The third kappa shape index (κ3) is 1.92. The quantitative estimate of drug-likeness (QED) is 0.495.